The fraction of sp³-hybridized carbons (Fsp3) is 0.125. The second-order valence-electron chi connectivity index (χ2n) is 2.77. The number of rotatable bonds is 2. The van der Waals surface area contributed by atoms with Gasteiger partial charge in [0.15, 0.2) is 11.5 Å². The maximum atomic E-state index is 10.5. The minimum atomic E-state index is -1.11. The molecule has 0 amide bonds. The molecule has 6 heteroatoms. The van der Waals surface area contributed by atoms with Gasteiger partial charge in [0, 0.05) is 13.1 Å². The van der Waals surface area contributed by atoms with Gasteiger partial charge in [-0.05, 0) is 0 Å². The highest BCUT2D eigenvalue weighted by atomic mass is 16.5. The Hall–Kier alpha value is -2.11. The second kappa shape index (κ2) is 2.99. The van der Waals surface area contributed by atoms with Crippen LogP contribution in [-0.4, -0.2) is 25.8 Å². The molecule has 0 unspecified atom stereocenters. The van der Waals surface area contributed by atoms with Gasteiger partial charge in [-0.3, -0.25) is 0 Å². The van der Waals surface area contributed by atoms with Crippen LogP contribution in [0.2, 0.25) is 0 Å². The molecule has 0 aliphatic rings. The molecule has 0 saturated heterocycles. The lowest BCUT2D eigenvalue weighted by molar-refractivity contribution is 0.0686. The first-order valence-corrected chi connectivity index (χ1v) is 3.85. The normalized spacial score (nSPS) is 10.4. The van der Waals surface area contributed by atoms with Crippen LogP contribution in [0.5, 0.6) is 0 Å². The van der Waals surface area contributed by atoms with Crippen LogP contribution in [0.15, 0.2) is 23.1 Å². The first-order chi connectivity index (χ1) is 6.68. The maximum Gasteiger partial charge on any atom is 0.358 e. The summed E-state index contributed by atoms with van der Waals surface area (Å²) >= 11 is 0. The van der Waals surface area contributed by atoms with E-state index in [1.165, 1.54) is 6.07 Å². The van der Waals surface area contributed by atoms with E-state index in [9.17, 15) is 4.79 Å². The van der Waals surface area contributed by atoms with Crippen LogP contribution in [0, 0.1) is 0 Å². The van der Waals surface area contributed by atoms with Gasteiger partial charge >= 0.3 is 5.97 Å². The molecule has 0 saturated carbocycles. The van der Waals surface area contributed by atoms with Gasteiger partial charge in [0.1, 0.15) is 5.69 Å². The fourth-order valence-corrected chi connectivity index (χ4v) is 1.09. The molecule has 2 rings (SSSR count). The van der Waals surface area contributed by atoms with Gasteiger partial charge in [-0.1, -0.05) is 5.16 Å². The van der Waals surface area contributed by atoms with Gasteiger partial charge in [-0.15, -0.1) is 0 Å². The number of carboxylic acid groups (broad SMARTS) is 1. The van der Waals surface area contributed by atoms with E-state index >= 15 is 0 Å². The van der Waals surface area contributed by atoms with Crippen molar-refractivity contribution in [2.24, 2.45) is 7.05 Å². The Labute approximate surface area is 78.8 Å². The van der Waals surface area contributed by atoms with E-state index in [1.54, 1.807) is 24.1 Å². The third-order valence-corrected chi connectivity index (χ3v) is 1.80. The molecule has 72 valence electrons. The number of aryl methyl sites for hydroxylation is 1. The minimum Gasteiger partial charge on any atom is -0.476 e. The van der Waals surface area contributed by atoms with Gasteiger partial charge in [-0.2, -0.15) is 0 Å². The lowest BCUT2D eigenvalue weighted by Gasteiger charge is -1.93. The zero-order valence-electron chi connectivity index (χ0n) is 7.34. The first kappa shape index (κ1) is 8.49. The summed E-state index contributed by atoms with van der Waals surface area (Å²) in [5.74, 6) is -0.718. The van der Waals surface area contributed by atoms with Gasteiger partial charge in [0.2, 0.25) is 0 Å². The van der Waals surface area contributed by atoms with E-state index in [1.807, 2.05) is 0 Å². The van der Waals surface area contributed by atoms with E-state index in [0.29, 0.717) is 11.5 Å². The summed E-state index contributed by atoms with van der Waals surface area (Å²) in [6.07, 6.45) is 3.17. The van der Waals surface area contributed by atoms with Crippen molar-refractivity contribution in [1.29, 1.82) is 0 Å². The molecule has 2 aromatic rings. The number of imidazole rings is 1. The number of hydrogen-bond acceptors (Lipinski definition) is 4. The Balaban J connectivity index is 2.43. The smallest absolute Gasteiger partial charge is 0.358 e. The van der Waals surface area contributed by atoms with Gasteiger partial charge in [0.05, 0.1) is 12.5 Å². The van der Waals surface area contributed by atoms with Crippen LogP contribution in [-0.2, 0) is 7.05 Å². The number of hydrogen-bond donors (Lipinski definition) is 1. The maximum absolute atomic E-state index is 10.5. The summed E-state index contributed by atoms with van der Waals surface area (Å²) in [5, 5.41) is 12.0. The van der Waals surface area contributed by atoms with Crippen LogP contribution in [0.3, 0.4) is 0 Å². The monoisotopic (exact) mass is 193 g/mol. The van der Waals surface area contributed by atoms with Crippen LogP contribution in [0.25, 0.3) is 11.5 Å². The van der Waals surface area contributed by atoms with Crippen LogP contribution < -0.4 is 0 Å². The molecule has 0 atom stereocenters. The second-order valence-corrected chi connectivity index (χ2v) is 2.77. The Morgan fingerprint density at radius 3 is 2.93 bits per heavy atom. The third-order valence-electron chi connectivity index (χ3n) is 1.80. The van der Waals surface area contributed by atoms with Crippen molar-refractivity contribution in [3.8, 4) is 11.5 Å². The molecule has 14 heavy (non-hydrogen) atoms. The summed E-state index contributed by atoms with van der Waals surface area (Å²) in [6.45, 7) is 0. The predicted octanol–water partition coefficient (Wildman–Crippen LogP) is 0.773. The molecule has 2 heterocycles. The van der Waals surface area contributed by atoms with Gasteiger partial charge < -0.3 is 14.2 Å². The number of aromatic nitrogens is 3. The van der Waals surface area contributed by atoms with E-state index in [-0.39, 0.29) is 5.69 Å². The fourth-order valence-electron chi connectivity index (χ4n) is 1.09. The summed E-state index contributed by atoms with van der Waals surface area (Å²) in [7, 11) is 1.78. The highest BCUT2D eigenvalue weighted by Gasteiger charge is 2.13. The largest absolute Gasteiger partial charge is 0.476 e. The summed E-state index contributed by atoms with van der Waals surface area (Å²) in [4.78, 5) is 14.4. The van der Waals surface area contributed by atoms with Crippen molar-refractivity contribution in [2.75, 3.05) is 0 Å². The van der Waals surface area contributed by atoms with E-state index in [0.717, 1.165) is 0 Å². The van der Waals surface area contributed by atoms with Crippen LogP contribution in [0.1, 0.15) is 10.5 Å². The van der Waals surface area contributed by atoms with Crippen molar-refractivity contribution in [3.05, 3.63) is 24.3 Å². The predicted molar refractivity (Wildman–Crippen MR) is 45.7 cm³/mol. The number of aromatic carboxylic acids is 1. The average Bonchev–Trinajstić information content (AvgIpc) is 2.71. The lowest BCUT2D eigenvalue weighted by Crippen LogP contribution is -1.94. The zero-order valence-corrected chi connectivity index (χ0v) is 7.34. The molecule has 0 fully saturated rings. The molecule has 1 N–H and O–H groups in total. The molecule has 0 aromatic carbocycles. The van der Waals surface area contributed by atoms with Gasteiger partial charge in [-0.25, -0.2) is 9.78 Å². The Morgan fingerprint density at radius 2 is 2.43 bits per heavy atom. The lowest BCUT2D eigenvalue weighted by atomic mass is 10.3. The van der Waals surface area contributed by atoms with Crippen molar-refractivity contribution < 1.29 is 14.4 Å². The SMILES string of the molecule is Cn1cncc1-c1cc(C(=O)O)no1. The van der Waals surface area contributed by atoms with E-state index in [4.69, 9.17) is 9.63 Å². The molecule has 0 radical (unpaired) electrons. The molecule has 0 bridgehead atoms. The quantitative estimate of drug-likeness (QED) is 0.761. The third kappa shape index (κ3) is 1.26. The molecule has 0 spiro atoms. The number of nitrogens with zero attached hydrogens (tertiary/aromatic N) is 3. The number of carbonyl (C=O) groups is 1. The van der Waals surface area contributed by atoms with Crippen molar-refractivity contribution >= 4 is 5.97 Å². The standard InChI is InChI=1S/C8H7N3O3/c1-11-4-9-3-6(11)7-2-5(8(12)13)10-14-7/h2-4H,1H3,(H,12,13). The van der Waals surface area contributed by atoms with E-state index in [2.05, 4.69) is 10.1 Å². The van der Waals surface area contributed by atoms with Crippen molar-refractivity contribution in [1.82, 2.24) is 14.7 Å². The van der Waals surface area contributed by atoms with Crippen LogP contribution >= 0.6 is 0 Å². The summed E-state index contributed by atoms with van der Waals surface area (Å²) in [6, 6.07) is 1.36. The number of carboxylic acids is 1. The van der Waals surface area contributed by atoms with E-state index < -0.39 is 5.97 Å². The van der Waals surface area contributed by atoms with Crippen molar-refractivity contribution in [2.45, 2.75) is 0 Å². The summed E-state index contributed by atoms with van der Waals surface area (Å²) in [5.41, 5.74) is 0.575. The molecule has 0 aliphatic carbocycles. The van der Waals surface area contributed by atoms with Gasteiger partial charge in [0.25, 0.3) is 0 Å². The molecule has 0 aliphatic heterocycles. The molecular formula is C8H7N3O3. The topological polar surface area (TPSA) is 81.2 Å². The Morgan fingerprint density at radius 1 is 1.64 bits per heavy atom. The molecule has 6 nitrogen and oxygen atoms in total. The molecule has 2 aromatic heterocycles. The first-order valence-electron chi connectivity index (χ1n) is 3.85. The van der Waals surface area contributed by atoms with Crippen LogP contribution in [0.4, 0.5) is 0 Å². The Kier molecular flexibility index (Phi) is 1.81. The minimum absolute atomic E-state index is 0.110. The highest BCUT2D eigenvalue weighted by molar-refractivity contribution is 5.86. The Bertz CT molecular complexity index is 472. The molecular weight excluding hydrogens is 186 g/mol. The highest BCUT2D eigenvalue weighted by Crippen LogP contribution is 2.18. The zero-order chi connectivity index (χ0) is 10.1. The summed E-state index contributed by atoms with van der Waals surface area (Å²) < 4.78 is 6.57. The van der Waals surface area contributed by atoms with Crippen molar-refractivity contribution in [3.63, 3.8) is 0 Å². The average molecular weight is 193 g/mol.